The van der Waals surface area contributed by atoms with Crippen molar-refractivity contribution in [3.05, 3.63) is 71.8 Å². The fraction of sp³-hybridized carbons (Fsp3) is 0.587. The number of nitrogens with zero attached hydrogens (tertiary/aromatic N) is 3. The van der Waals surface area contributed by atoms with Crippen LogP contribution < -0.4 is 82.7 Å². The zero-order chi connectivity index (χ0) is 70.1. The predicted molar refractivity (Wildman–Crippen MR) is 356 cm³/mol. The van der Waals surface area contributed by atoms with Crippen molar-refractivity contribution in [2.75, 3.05) is 44.7 Å². The van der Waals surface area contributed by atoms with Gasteiger partial charge in [0.25, 0.3) is 0 Å². The van der Waals surface area contributed by atoms with Crippen molar-refractivity contribution in [3.8, 4) is 0 Å². The highest BCUT2D eigenvalue weighted by Crippen LogP contribution is 2.24. The third-order valence-electron chi connectivity index (χ3n) is 16.0. The molecule has 95 heavy (non-hydrogen) atoms. The third kappa shape index (κ3) is 27.5. The number of benzene rings is 2. The second kappa shape index (κ2) is 41.0. The third-order valence-corrected chi connectivity index (χ3v) is 16.7. The average molecular weight is 1350 g/mol. The SMILES string of the molecule is CSCC[C@H](NC(=O)[C@@H](CC(C)C)NC(=O)CNC(=O)[C@@H](Cc1ccccc1)NC(=O)[C@H](Cc1ccccc1)NC(=O)[C@@H](CCC(N)=O)NC(=O)[C@@H](CCC(N)=O)NC(=O)[C@@H]1CCCN1C(=O)[C@H](CCCCN)NC(=O)[C@@H]1CCCN1C(=O)[C@@H](N)CCCN=C(N)N)C(N)=O. The number of rotatable bonds is 42. The van der Waals surface area contributed by atoms with Crippen LogP contribution in [0.1, 0.15) is 121 Å². The molecule has 0 spiro atoms. The Labute approximate surface area is 558 Å². The molecule has 0 unspecified atom stereocenters. The maximum Gasteiger partial charge on any atom is 0.245 e. The molecule has 2 aliphatic heterocycles. The summed E-state index contributed by atoms with van der Waals surface area (Å²) in [5.41, 5.74) is 40.6. The van der Waals surface area contributed by atoms with Gasteiger partial charge in [-0.2, -0.15) is 11.8 Å². The number of amides is 13. The molecule has 2 aromatic rings. The molecule has 4 rings (SSSR count). The Kier molecular flexibility index (Phi) is 33.9. The van der Waals surface area contributed by atoms with Crippen molar-refractivity contribution in [3.63, 3.8) is 0 Å². The number of primary amides is 3. The van der Waals surface area contributed by atoms with Gasteiger partial charge in [-0.1, -0.05) is 74.5 Å². The zero-order valence-corrected chi connectivity index (χ0v) is 55.3. The normalized spacial score (nSPS) is 16.8. The van der Waals surface area contributed by atoms with Crippen LogP contribution in [0.5, 0.6) is 0 Å². The monoisotopic (exact) mass is 1350 g/mol. The number of carbonyl (C=O) groups is 13. The van der Waals surface area contributed by atoms with Crippen LogP contribution >= 0.6 is 11.8 Å². The maximum atomic E-state index is 14.7. The van der Waals surface area contributed by atoms with Gasteiger partial charge in [0.15, 0.2) is 5.96 Å². The lowest BCUT2D eigenvalue weighted by molar-refractivity contribution is -0.144. The Morgan fingerprint density at radius 2 is 1.01 bits per heavy atom. The van der Waals surface area contributed by atoms with E-state index in [0.717, 1.165) is 0 Å². The summed E-state index contributed by atoms with van der Waals surface area (Å²) < 4.78 is 0. The number of hydrogen-bond acceptors (Lipinski definition) is 17. The Morgan fingerprint density at radius 1 is 0.537 bits per heavy atom. The van der Waals surface area contributed by atoms with Gasteiger partial charge >= 0.3 is 0 Å². The molecule has 2 aromatic carbocycles. The Balaban J connectivity index is 1.56. The van der Waals surface area contributed by atoms with E-state index in [4.69, 9.17) is 40.1 Å². The highest BCUT2D eigenvalue weighted by Gasteiger charge is 2.42. The van der Waals surface area contributed by atoms with Crippen molar-refractivity contribution < 1.29 is 62.3 Å². The number of guanidine groups is 1. The van der Waals surface area contributed by atoms with E-state index >= 15 is 0 Å². The largest absolute Gasteiger partial charge is 0.370 e. The van der Waals surface area contributed by atoms with Gasteiger partial charge in [0.2, 0.25) is 76.8 Å². The topological polar surface area (TPSA) is 519 Å². The molecule has 13 amide bonds. The second-order valence-electron chi connectivity index (χ2n) is 24.1. The van der Waals surface area contributed by atoms with Gasteiger partial charge in [-0.15, -0.1) is 0 Å². The summed E-state index contributed by atoms with van der Waals surface area (Å²) in [4.78, 5) is 185. The molecule has 31 nitrogen and oxygen atoms in total. The Hall–Kier alpha value is -8.91. The van der Waals surface area contributed by atoms with Crippen molar-refractivity contribution in [2.45, 2.75) is 183 Å². The molecule has 2 fully saturated rings. The molecule has 524 valence electrons. The summed E-state index contributed by atoms with van der Waals surface area (Å²) in [6.45, 7) is 3.86. The molecule has 0 bridgehead atoms. The number of nitrogens with one attached hydrogen (secondary N) is 8. The molecule has 0 saturated carbocycles. The van der Waals surface area contributed by atoms with Crippen LogP contribution in [0.2, 0.25) is 0 Å². The fourth-order valence-electron chi connectivity index (χ4n) is 11.0. The predicted octanol–water partition coefficient (Wildman–Crippen LogP) is -3.71. The summed E-state index contributed by atoms with van der Waals surface area (Å²) >= 11 is 1.45. The van der Waals surface area contributed by atoms with Gasteiger partial charge in [-0.05, 0) is 119 Å². The zero-order valence-electron chi connectivity index (χ0n) is 54.5. The first-order valence-electron chi connectivity index (χ1n) is 32.2. The van der Waals surface area contributed by atoms with Crippen LogP contribution in [0.25, 0.3) is 0 Å². The molecule has 0 radical (unpaired) electrons. The fourth-order valence-corrected chi connectivity index (χ4v) is 11.5. The average Bonchev–Trinajstić information content (AvgIpc) is 1.74. The summed E-state index contributed by atoms with van der Waals surface area (Å²) in [6, 6.07) is 4.51. The molecule has 22 N–H and O–H groups in total. The highest BCUT2D eigenvalue weighted by atomic mass is 32.2. The van der Waals surface area contributed by atoms with Crippen LogP contribution in [0.4, 0.5) is 0 Å². The van der Waals surface area contributed by atoms with E-state index in [0.29, 0.717) is 55.4 Å². The lowest BCUT2D eigenvalue weighted by Crippen LogP contribution is -2.60. The van der Waals surface area contributed by atoms with Gasteiger partial charge in [-0.3, -0.25) is 67.3 Å². The smallest absolute Gasteiger partial charge is 0.245 e. The number of aliphatic imine (C=N–C) groups is 1. The molecule has 10 atom stereocenters. The highest BCUT2D eigenvalue weighted by molar-refractivity contribution is 7.98. The maximum absolute atomic E-state index is 14.7. The van der Waals surface area contributed by atoms with Gasteiger partial charge in [0.1, 0.15) is 54.4 Å². The van der Waals surface area contributed by atoms with Gasteiger partial charge in [0, 0.05) is 45.3 Å². The molecular weight excluding hydrogens is 1250 g/mol. The first-order valence-corrected chi connectivity index (χ1v) is 33.6. The van der Waals surface area contributed by atoms with E-state index in [-0.39, 0.29) is 83.0 Å². The summed E-state index contributed by atoms with van der Waals surface area (Å²) in [5.74, 6) is -9.80. The Morgan fingerprint density at radius 3 is 1.51 bits per heavy atom. The van der Waals surface area contributed by atoms with Crippen LogP contribution in [0, 0.1) is 5.92 Å². The molecule has 32 heteroatoms. The van der Waals surface area contributed by atoms with E-state index in [1.54, 1.807) is 60.7 Å². The first-order chi connectivity index (χ1) is 45.2. The number of thioether (sulfide) groups is 1. The number of hydrogen-bond donors (Lipinski definition) is 15. The number of unbranched alkanes of at least 4 members (excludes halogenated alkanes) is 1. The van der Waals surface area contributed by atoms with E-state index in [2.05, 4.69) is 47.5 Å². The van der Waals surface area contributed by atoms with Crippen molar-refractivity contribution >= 4 is 94.5 Å². The first kappa shape index (κ1) is 78.5. The lowest BCUT2D eigenvalue weighted by atomic mass is 10.0. The Bertz CT molecular complexity index is 2960. The summed E-state index contributed by atoms with van der Waals surface area (Å²) in [6.07, 6.45) is 3.12. The lowest BCUT2D eigenvalue weighted by Gasteiger charge is -2.32. The quantitative estimate of drug-likeness (QED) is 0.0173. The van der Waals surface area contributed by atoms with Crippen LogP contribution in [0.15, 0.2) is 65.7 Å². The molecule has 0 aliphatic carbocycles. The van der Waals surface area contributed by atoms with Crippen LogP contribution in [-0.2, 0) is 75.2 Å². The second-order valence-corrected chi connectivity index (χ2v) is 25.1. The van der Waals surface area contributed by atoms with Gasteiger partial charge < -0.3 is 92.5 Å². The minimum absolute atomic E-state index is 0.0736. The van der Waals surface area contributed by atoms with E-state index in [1.165, 1.54) is 21.6 Å². The van der Waals surface area contributed by atoms with Gasteiger partial charge in [-0.25, -0.2) is 0 Å². The van der Waals surface area contributed by atoms with Crippen LogP contribution in [-0.4, -0.2) is 198 Å². The molecule has 2 saturated heterocycles. The molecule has 0 aromatic heterocycles. The minimum atomic E-state index is -1.64. The summed E-state index contributed by atoms with van der Waals surface area (Å²) in [5, 5.41) is 21.1. The minimum Gasteiger partial charge on any atom is -0.370 e. The van der Waals surface area contributed by atoms with Crippen molar-refractivity contribution in [2.24, 2.45) is 51.0 Å². The number of nitrogens with two attached hydrogens (primary N) is 7. The molecule has 2 aliphatic rings. The number of likely N-dealkylation sites (tertiary alicyclic amines) is 2. The van der Waals surface area contributed by atoms with E-state index < -0.39 is 169 Å². The molecular formula is C63H98N18O13S. The van der Waals surface area contributed by atoms with Crippen molar-refractivity contribution in [1.82, 2.24) is 52.3 Å². The van der Waals surface area contributed by atoms with Crippen LogP contribution in [0.3, 0.4) is 0 Å². The van der Waals surface area contributed by atoms with E-state index in [9.17, 15) is 62.3 Å². The number of carbonyl (C=O) groups excluding carboxylic acids is 13. The standard InChI is InChI=1S/C63H98N18O13S/c1-37(2)33-45(57(89)74-41(53(68)85)27-32-95-3)73-52(84)36-72-54(86)46(34-38-15-6-4-7-16-38)78-58(90)47(35-39-17-8-5-9-18-39)79-56(88)42(23-25-50(66)82)75-55(87)43(24-26-51(67)83)76-59(91)49-22-14-31-81(49)62(94)44(20-10-11-28-64)77-60(92)48-21-13-30-80(48)61(93)40(65)19-12-29-71-63(69)70/h4-9,15-18,37,40-49H,10-14,19-36,64-65H2,1-3H3,(H2,66,82)(H2,67,83)(H2,68,85)(H,72,86)(H,73,84)(H,74,89)(H,75,87)(H,76,91)(H,77,92)(H,78,90)(H,79,88)(H4,69,70,71)/t40-,41-,42+,43+,44-,45+,46+,47-,48-,49-/m0/s1. The van der Waals surface area contributed by atoms with E-state index in [1.807, 2.05) is 20.1 Å². The van der Waals surface area contributed by atoms with Crippen molar-refractivity contribution in [1.29, 1.82) is 0 Å². The van der Waals surface area contributed by atoms with Gasteiger partial charge in [0.05, 0.1) is 12.6 Å². The molecule has 2 heterocycles. The summed E-state index contributed by atoms with van der Waals surface area (Å²) in [7, 11) is 0.